The van der Waals surface area contributed by atoms with Crippen molar-refractivity contribution in [3.63, 3.8) is 0 Å². The van der Waals surface area contributed by atoms with Crippen molar-refractivity contribution in [2.45, 2.75) is 208 Å². The summed E-state index contributed by atoms with van der Waals surface area (Å²) in [4.78, 5) is 50.6. The van der Waals surface area contributed by atoms with Gasteiger partial charge in [0.1, 0.15) is 6.61 Å². The van der Waals surface area contributed by atoms with E-state index >= 15 is 0 Å². The molecule has 0 saturated carbocycles. The fourth-order valence-electron chi connectivity index (χ4n) is 7.10. The van der Waals surface area contributed by atoms with E-state index in [1.54, 1.807) is 21.6 Å². The molecule has 0 spiro atoms. The third-order valence-corrected chi connectivity index (χ3v) is 13.6. The molecular weight excluding hydrogens is 863 g/mol. The molecule has 12 nitrogen and oxygen atoms in total. The number of unbranched alkanes of at least 4 members (excludes halogenated alkanes) is 16. The van der Waals surface area contributed by atoms with Crippen molar-refractivity contribution in [1.29, 1.82) is 0 Å². The van der Waals surface area contributed by atoms with Gasteiger partial charge in [-0.1, -0.05) is 153 Å². The lowest BCUT2D eigenvalue weighted by Gasteiger charge is -2.19. The fourth-order valence-corrected chi connectivity index (χ4v) is 8.84. The monoisotopic (exact) mass is 962 g/mol. The van der Waals surface area contributed by atoms with Gasteiger partial charge in [-0.2, -0.15) is 0 Å². The first-order valence-electron chi connectivity index (χ1n) is 26.2. The Kier molecular flexibility index (Phi) is 47.4. The molecule has 1 atom stereocenters. The highest BCUT2D eigenvalue weighted by atomic mass is 33.1. The first-order chi connectivity index (χ1) is 31.6. The Bertz CT molecular complexity index is 1100. The van der Waals surface area contributed by atoms with Gasteiger partial charge in [-0.15, -0.1) is 0 Å². The van der Waals surface area contributed by atoms with Gasteiger partial charge in [-0.3, -0.25) is 14.4 Å². The van der Waals surface area contributed by atoms with E-state index in [1.807, 2.05) is 0 Å². The highest BCUT2D eigenvalue weighted by Crippen LogP contribution is 2.20. The molecule has 65 heavy (non-hydrogen) atoms. The Morgan fingerprint density at radius 3 is 1.49 bits per heavy atom. The maximum Gasteiger partial charge on any atom is 0.407 e. The molecule has 0 aromatic carbocycles. The second-order valence-corrected chi connectivity index (χ2v) is 20.9. The molecule has 0 rings (SSSR count). The number of esters is 2. The first-order valence-corrected chi connectivity index (χ1v) is 28.7. The van der Waals surface area contributed by atoms with Crippen molar-refractivity contribution < 1.29 is 42.9 Å². The van der Waals surface area contributed by atoms with Crippen molar-refractivity contribution in [3.8, 4) is 0 Å². The number of carbonyl (C=O) groups is 4. The van der Waals surface area contributed by atoms with Crippen LogP contribution in [0.4, 0.5) is 4.79 Å². The van der Waals surface area contributed by atoms with Crippen molar-refractivity contribution in [2.75, 3.05) is 83.9 Å². The highest BCUT2D eigenvalue weighted by molar-refractivity contribution is 8.76. The summed E-state index contributed by atoms with van der Waals surface area (Å²) in [7, 11) is 3.30. The molecule has 2 N–H and O–H groups in total. The first kappa shape index (κ1) is 63.3. The second-order valence-electron chi connectivity index (χ2n) is 18.2. The predicted octanol–water partition coefficient (Wildman–Crippen LogP) is 12.1. The van der Waals surface area contributed by atoms with Crippen LogP contribution in [-0.2, 0) is 38.1 Å². The van der Waals surface area contributed by atoms with Crippen LogP contribution in [0.3, 0.4) is 0 Å². The molecule has 0 bridgehead atoms. The lowest BCUT2D eigenvalue weighted by atomic mass is 10.1. The van der Waals surface area contributed by atoms with E-state index in [2.05, 4.69) is 57.1 Å². The van der Waals surface area contributed by atoms with Crippen molar-refractivity contribution in [2.24, 2.45) is 11.8 Å². The molecule has 0 aliphatic rings. The normalized spacial score (nSPS) is 12.0. The number of rotatable bonds is 49. The van der Waals surface area contributed by atoms with E-state index in [-0.39, 0.29) is 23.9 Å². The minimum absolute atomic E-state index is 0.0492. The molecule has 1 unspecified atom stereocenters. The van der Waals surface area contributed by atoms with Gasteiger partial charge in [0.05, 0.1) is 25.9 Å². The smallest absolute Gasteiger partial charge is 0.407 e. The van der Waals surface area contributed by atoms with E-state index in [4.69, 9.17) is 23.7 Å². The number of alkyl carbamates (subject to hydrolysis) is 1. The van der Waals surface area contributed by atoms with Crippen LogP contribution in [0, 0.1) is 11.8 Å². The number of ether oxygens (including phenoxy) is 5. The zero-order chi connectivity index (χ0) is 47.9. The molecule has 0 aromatic heterocycles. The van der Waals surface area contributed by atoms with E-state index < -0.39 is 6.09 Å². The lowest BCUT2D eigenvalue weighted by molar-refractivity contribution is -0.144. The van der Waals surface area contributed by atoms with Gasteiger partial charge in [0, 0.05) is 63.6 Å². The van der Waals surface area contributed by atoms with Gasteiger partial charge < -0.3 is 39.2 Å². The molecule has 0 saturated heterocycles. The van der Waals surface area contributed by atoms with Crippen LogP contribution in [-0.4, -0.2) is 119 Å². The Morgan fingerprint density at radius 1 is 0.508 bits per heavy atom. The average molecular weight is 962 g/mol. The molecule has 0 aliphatic carbocycles. The zero-order valence-corrected chi connectivity index (χ0v) is 44.2. The number of hydrogen-bond acceptors (Lipinski definition) is 12. The van der Waals surface area contributed by atoms with E-state index in [9.17, 15) is 19.2 Å². The predicted molar refractivity (Wildman–Crippen MR) is 273 cm³/mol. The van der Waals surface area contributed by atoms with Gasteiger partial charge in [-0.05, 0) is 76.3 Å². The second kappa shape index (κ2) is 48.7. The Balaban J connectivity index is 4.24. The van der Waals surface area contributed by atoms with Crippen LogP contribution in [0.1, 0.15) is 202 Å². The molecule has 14 heteroatoms. The molecule has 2 amide bonds. The number of hydrogen-bond donors (Lipinski definition) is 2. The maximum absolute atomic E-state index is 12.5. The Labute approximate surface area is 406 Å². The van der Waals surface area contributed by atoms with Crippen LogP contribution in [0.25, 0.3) is 0 Å². The summed E-state index contributed by atoms with van der Waals surface area (Å²) in [5.41, 5.74) is 0. The van der Waals surface area contributed by atoms with Gasteiger partial charge in [0.25, 0.3) is 0 Å². The molecular formula is C51H99N3O9S2. The quantitative estimate of drug-likeness (QED) is 0.0259. The van der Waals surface area contributed by atoms with Crippen molar-refractivity contribution >= 4 is 45.5 Å². The summed E-state index contributed by atoms with van der Waals surface area (Å²) >= 11 is 0. The van der Waals surface area contributed by atoms with Gasteiger partial charge in [-0.25, -0.2) is 4.79 Å². The van der Waals surface area contributed by atoms with Gasteiger partial charge >= 0.3 is 18.0 Å². The average Bonchev–Trinajstić information content (AvgIpc) is 3.28. The molecule has 384 valence electrons. The van der Waals surface area contributed by atoms with Crippen LogP contribution < -0.4 is 10.6 Å². The van der Waals surface area contributed by atoms with Crippen LogP contribution >= 0.6 is 21.6 Å². The number of nitrogens with one attached hydrogen (secondary N) is 2. The third-order valence-electron chi connectivity index (χ3n) is 11.2. The summed E-state index contributed by atoms with van der Waals surface area (Å²) in [6.45, 7) is 19.8. The lowest BCUT2D eigenvalue weighted by Crippen LogP contribution is -2.37. The van der Waals surface area contributed by atoms with Crippen LogP contribution in [0.5, 0.6) is 0 Å². The summed E-state index contributed by atoms with van der Waals surface area (Å²) in [6.07, 6.45) is 25.2. The SMILES string of the molecule is CCN(CC)CCC(=O)NCCSSCCOC(=O)NCC(COCCCCCCCCCCCC(=O)OCCCC(C)C)OCCCCCCCCCCCC(=O)OCCCC(C)C. The summed E-state index contributed by atoms with van der Waals surface area (Å²) in [5.74, 6) is 2.75. The Morgan fingerprint density at radius 2 is 0.985 bits per heavy atom. The van der Waals surface area contributed by atoms with E-state index in [1.165, 1.54) is 57.8 Å². The third kappa shape index (κ3) is 48.5. The molecule has 0 heterocycles. The molecule has 0 aromatic rings. The Hall–Kier alpha value is -1.74. The molecule has 0 fully saturated rings. The maximum atomic E-state index is 12.5. The molecule has 0 radical (unpaired) electrons. The van der Waals surface area contributed by atoms with Crippen LogP contribution in [0.2, 0.25) is 0 Å². The fraction of sp³-hybridized carbons (Fsp3) is 0.922. The number of carbonyl (C=O) groups excluding carboxylic acids is 4. The summed E-state index contributed by atoms with van der Waals surface area (Å²) < 4.78 is 28.3. The highest BCUT2D eigenvalue weighted by Gasteiger charge is 2.13. The number of amides is 2. The minimum atomic E-state index is -0.447. The minimum Gasteiger partial charge on any atom is -0.466 e. The summed E-state index contributed by atoms with van der Waals surface area (Å²) in [5, 5.41) is 5.85. The van der Waals surface area contributed by atoms with E-state index in [0.717, 1.165) is 109 Å². The van der Waals surface area contributed by atoms with Gasteiger partial charge in [0.15, 0.2) is 0 Å². The van der Waals surface area contributed by atoms with Crippen LogP contribution in [0.15, 0.2) is 0 Å². The largest absolute Gasteiger partial charge is 0.466 e. The number of nitrogens with zero attached hydrogens (tertiary/aromatic N) is 1. The zero-order valence-electron chi connectivity index (χ0n) is 42.5. The van der Waals surface area contributed by atoms with Gasteiger partial charge in [0.2, 0.25) is 5.91 Å². The van der Waals surface area contributed by atoms with E-state index in [0.29, 0.717) is 89.6 Å². The summed E-state index contributed by atoms with van der Waals surface area (Å²) in [6, 6.07) is 0. The molecule has 0 aliphatic heterocycles. The standard InChI is InChI=1S/C51H99N3O9S2/c1-7-54(8-2)35-33-48(55)52-34-41-64-65-42-40-63-51(58)53-43-47(60-37-26-22-18-14-10-12-16-20-24-32-50(57)62-39-28-30-46(5)6)44-59-36-25-21-17-13-9-11-15-19-23-31-49(56)61-38-27-29-45(3)4/h45-47H,7-44H2,1-6H3,(H,52,55)(H,53,58). The topological polar surface area (TPSA) is 142 Å². The van der Waals surface area contributed by atoms with Crippen molar-refractivity contribution in [3.05, 3.63) is 0 Å². The van der Waals surface area contributed by atoms with Crippen molar-refractivity contribution in [1.82, 2.24) is 15.5 Å².